The molecule has 0 N–H and O–H groups in total. The second kappa shape index (κ2) is 11.8. The molecule has 0 aliphatic heterocycles. The number of nitrogens with zero attached hydrogens (tertiary/aromatic N) is 5. The third kappa shape index (κ3) is 5.29. The largest absolute Gasteiger partial charge is 0.496 e. The van der Waals surface area contributed by atoms with Gasteiger partial charge < -0.3 is 14.0 Å². The Kier molecular flexibility index (Phi) is 7.94. The third-order valence-electron chi connectivity index (χ3n) is 7.37. The second-order valence-electron chi connectivity index (χ2n) is 10.5. The van der Waals surface area contributed by atoms with E-state index in [2.05, 4.69) is 24.5 Å². The van der Waals surface area contributed by atoms with Gasteiger partial charge in [-0.05, 0) is 92.4 Å². The van der Waals surface area contributed by atoms with Gasteiger partial charge in [-0.15, -0.1) is 0 Å². The smallest absolute Gasteiger partial charge is 0.282 e. The average Bonchev–Trinajstić information content (AvgIpc) is 3.27. The number of aryl methyl sites for hydroxylation is 2. The fourth-order valence-corrected chi connectivity index (χ4v) is 5.21. The summed E-state index contributed by atoms with van der Waals surface area (Å²) in [6.07, 6.45) is 1.72. The van der Waals surface area contributed by atoms with Gasteiger partial charge in [0, 0.05) is 28.2 Å². The van der Waals surface area contributed by atoms with Crippen molar-refractivity contribution in [3.63, 3.8) is 0 Å². The van der Waals surface area contributed by atoms with Crippen molar-refractivity contribution in [2.24, 2.45) is 5.10 Å². The minimum absolute atomic E-state index is 0.00134. The van der Waals surface area contributed by atoms with E-state index in [-0.39, 0.29) is 18.1 Å². The topological polar surface area (TPSA) is 94.4 Å². The second-order valence-corrected chi connectivity index (χ2v) is 10.5. The lowest BCUT2D eigenvalue weighted by atomic mass is 9.96. The minimum Gasteiger partial charge on any atom is -0.496 e. The van der Waals surface area contributed by atoms with Crippen molar-refractivity contribution >= 4 is 17.1 Å². The monoisotopic (exact) mass is 559 g/mol. The summed E-state index contributed by atoms with van der Waals surface area (Å²) in [6, 6.07) is 23.0. The molecule has 0 spiro atoms. The lowest BCUT2D eigenvalue weighted by Crippen LogP contribution is -2.21. The fourth-order valence-electron chi connectivity index (χ4n) is 5.21. The number of methoxy groups -OCH3 is 1. The summed E-state index contributed by atoms with van der Waals surface area (Å²) in [5.41, 5.74) is 6.96. The van der Waals surface area contributed by atoms with E-state index >= 15 is 0 Å². The molecule has 5 aromatic rings. The van der Waals surface area contributed by atoms with E-state index in [1.807, 2.05) is 81.4 Å². The van der Waals surface area contributed by atoms with Crippen molar-refractivity contribution < 1.29 is 9.47 Å². The van der Waals surface area contributed by atoms with Gasteiger partial charge >= 0.3 is 0 Å². The molecule has 8 heteroatoms. The van der Waals surface area contributed by atoms with Crippen LogP contribution in [0.15, 0.2) is 76.6 Å². The maximum absolute atomic E-state index is 13.8. The zero-order valence-corrected chi connectivity index (χ0v) is 24.7. The van der Waals surface area contributed by atoms with Crippen LogP contribution in [0.25, 0.3) is 28.0 Å². The summed E-state index contributed by atoms with van der Waals surface area (Å²) < 4.78 is 14.6. The number of hydrogen-bond donors (Lipinski definition) is 0. The van der Waals surface area contributed by atoms with Gasteiger partial charge in [-0.3, -0.25) is 4.79 Å². The Labute approximate surface area is 245 Å². The van der Waals surface area contributed by atoms with Crippen LogP contribution < -0.4 is 15.0 Å². The van der Waals surface area contributed by atoms with Gasteiger partial charge in [0.15, 0.2) is 12.4 Å². The highest BCUT2D eigenvalue weighted by Crippen LogP contribution is 2.34. The van der Waals surface area contributed by atoms with Crippen molar-refractivity contribution in [3.8, 4) is 34.6 Å². The number of nitriles is 1. The fraction of sp³-hybridized carbons (Fsp3) is 0.235. The Bertz CT molecular complexity index is 1910. The first-order valence-corrected chi connectivity index (χ1v) is 13.8. The molecule has 0 aliphatic carbocycles. The first kappa shape index (κ1) is 28.4. The molecule has 42 heavy (non-hydrogen) atoms. The molecule has 2 aromatic heterocycles. The molecule has 3 aromatic carbocycles. The molecule has 0 fully saturated rings. The summed E-state index contributed by atoms with van der Waals surface area (Å²) >= 11 is 0. The Morgan fingerprint density at radius 3 is 2.48 bits per heavy atom. The summed E-state index contributed by atoms with van der Waals surface area (Å²) in [7, 11) is 1.67. The third-order valence-corrected chi connectivity index (χ3v) is 7.37. The van der Waals surface area contributed by atoms with Crippen molar-refractivity contribution in [2.75, 3.05) is 13.7 Å². The number of hydrogen-bond acceptors (Lipinski definition) is 6. The number of para-hydroxylation sites is 1. The van der Waals surface area contributed by atoms with Gasteiger partial charge in [-0.25, -0.2) is 4.98 Å². The van der Waals surface area contributed by atoms with Gasteiger partial charge in [0.25, 0.3) is 5.56 Å². The van der Waals surface area contributed by atoms with Crippen LogP contribution in [-0.2, 0) is 0 Å². The van der Waals surface area contributed by atoms with E-state index in [1.54, 1.807) is 19.4 Å². The van der Waals surface area contributed by atoms with Crippen LogP contribution >= 0.6 is 0 Å². The molecule has 5 rings (SSSR count). The molecule has 2 heterocycles. The van der Waals surface area contributed by atoms with Gasteiger partial charge in [-0.2, -0.15) is 15.0 Å². The highest BCUT2D eigenvalue weighted by Gasteiger charge is 2.19. The normalized spacial score (nSPS) is 11.4. The van der Waals surface area contributed by atoms with Gasteiger partial charge in [-0.1, -0.05) is 26.0 Å². The summed E-state index contributed by atoms with van der Waals surface area (Å²) in [5.74, 6) is 2.12. The Balaban J connectivity index is 1.63. The maximum Gasteiger partial charge on any atom is 0.282 e. The van der Waals surface area contributed by atoms with E-state index < -0.39 is 0 Å². The van der Waals surface area contributed by atoms with Crippen LogP contribution in [-0.4, -0.2) is 34.2 Å². The summed E-state index contributed by atoms with van der Waals surface area (Å²) in [5, 5.41) is 14.0. The summed E-state index contributed by atoms with van der Waals surface area (Å²) in [4.78, 5) is 18.8. The highest BCUT2D eigenvalue weighted by molar-refractivity contribution is 5.84. The lowest BCUT2D eigenvalue weighted by molar-refractivity contribution is 0.368. The molecule has 0 saturated heterocycles. The van der Waals surface area contributed by atoms with Crippen molar-refractivity contribution in [1.29, 1.82) is 5.26 Å². The molecular formula is C34H33N5O3. The molecule has 0 unspecified atom stereocenters. The van der Waals surface area contributed by atoms with Crippen molar-refractivity contribution in [2.45, 2.75) is 40.5 Å². The molecule has 0 amide bonds. The minimum atomic E-state index is -0.241. The predicted octanol–water partition coefficient (Wildman–Crippen LogP) is 6.70. The van der Waals surface area contributed by atoms with Crippen LogP contribution in [0.3, 0.4) is 0 Å². The number of fused-ring (bicyclic) bond motifs is 1. The molecule has 0 bridgehead atoms. The first-order chi connectivity index (χ1) is 20.2. The highest BCUT2D eigenvalue weighted by atomic mass is 16.5. The molecule has 212 valence electrons. The molecule has 0 aliphatic rings. The summed E-state index contributed by atoms with van der Waals surface area (Å²) in [6.45, 7) is 10.2. The van der Waals surface area contributed by atoms with E-state index in [4.69, 9.17) is 24.8 Å². The molecule has 8 nitrogen and oxygen atoms in total. The van der Waals surface area contributed by atoms with E-state index in [9.17, 15) is 4.79 Å². The zero-order valence-electron chi connectivity index (χ0n) is 24.7. The molecular weight excluding hydrogens is 526 g/mol. The van der Waals surface area contributed by atoms with E-state index in [0.717, 1.165) is 45.1 Å². The lowest BCUT2D eigenvalue weighted by Gasteiger charge is -2.17. The van der Waals surface area contributed by atoms with Gasteiger partial charge in [0.1, 0.15) is 17.6 Å². The number of rotatable bonds is 8. The molecule has 0 atom stereocenters. The number of benzene rings is 3. The quantitative estimate of drug-likeness (QED) is 0.197. The maximum atomic E-state index is 13.8. The zero-order chi connectivity index (χ0) is 30.0. The standard InChI is InChI=1S/C34H33N5O3/c1-21(2)29-19-30(22(3)17-32(29)41-6)33-37-31-10-8-7-9-28(31)34(40)39(33)36-20-25-18-23(4)38(24(25)5)26-11-13-27(14-12-26)42-16-15-35/h7-14,17-21H,16H2,1-6H3. The van der Waals surface area contributed by atoms with Crippen LogP contribution in [0, 0.1) is 32.1 Å². The van der Waals surface area contributed by atoms with Crippen LogP contribution in [0.4, 0.5) is 0 Å². The van der Waals surface area contributed by atoms with Crippen LogP contribution in [0.1, 0.15) is 47.8 Å². The molecule has 0 radical (unpaired) electrons. The number of aromatic nitrogens is 3. The SMILES string of the molecule is COc1cc(C)c(-c2nc3ccccc3c(=O)n2N=Cc2cc(C)n(-c3ccc(OCC#N)cc3)c2C)cc1C(C)C. The van der Waals surface area contributed by atoms with Gasteiger partial charge in [0.05, 0.1) is 24.2 Å². The predicted molar refractivity (Wildman–Crippen MR) is 166 cm³/mol. The number of ether oxygens (including phenoxy) is 2. The van der Waals surface area contributed by atoms with Crippen LogP contribution in [0.2, 0.25) is 0 Å². The molecule has 0 saturated carbocycles. The van der Waals surface area contributed by atoms with Crippen LogP contribution in [0.5, 0.6) is 11.5 Å². The Hall–Kier alpha value is -5.16. The Morgan fingerprint density at radius 2 is 1.79 bits per heavy atom. The Morgan fingerprint density at radius 1 is 1.05 bits per heavy atom. The van der Waals surface area contributed by atoms with Crippen molar-refractivity contribution in [1.82, 2.24) is 14.2 Å². The van der Waals surface area contributed by atoms with Gasteiger partial charge in [0.2, 0.25) is 0 Å². The van der Waals surface area contributed by atoms with E-state index in [1.165, 1.54) is 4.68 Å². The van der Waals surface area contributed by atoms with E-state index in [0.29, 0.717) is 22.5 Å². The average molecular weight is 560 g/mol. The first-order valence-electron chi connectivity index (χ1n) is 13.8. The van der Waals surface area contributed by atoms with Crippen molar-refractivity contribution in [3.05, 3.63) is 105 Å².